The summed E-state index contributed by atoms with van der Waals surface area (Å²) in [6.07, 6.45) is 4.25. The van der Waals surface area contributed by atoms with Gasteiger partial charge in [-0.3, -0.25) is 4.79 Å². The topological polar surface area (TPSA) is 38.3 Å². The molecule has 0 bridgehead atoms. The summed E-state index contributed by atoms with van der Waals surface area (Å²) >= 11 is 0. The molecule has 0 aliphatic heterocycles. The van der Waals surface area contributed by atoms with E-state index in [1.807, 2.05) is 45.0 Å². The summed E-state index contributed by atoms with van der Waals surface area (Å²) in [6, 6.07) is 7.87. The molecule has 0 aliphatic carbocycles. The molecule has 0 aromatic heterocycles. The van der Waals surface area contributed by atoms with Crippen molar-refractivity contribution in [3.63, 3.8) is 0 Å². The van der Waals surface area contributed by atoms with Crippen molar-refractivity contribution in [1.82, 2.24) is 5.32 Å². The van der Waals surface area contributed by atoms with Crippen LogP contribution in [-0.4, -0.2) is 18.6 Å². The van der Waals surface area contributed by atoms with E-state index in [4.69, 9.17) is 4.74 Å². The number of amides is 1. The molecule has 18 heavy (non-hydrogen) atoms. The van der Waals surface area contributed by atoms with Crippen LogP contribution in [0.3, 0.4) is 0 Å². The summed E-state index contributed by atoms with van der Waals surface area (Å²) in [5, 5.41) is 2.88. The first kappa shape index (κ1) is 14.3. The largest absolute Gasteiger partial charge is 0.493 e. The third kappa shape index (κ3) is 4.62. The Morgan fingerprint density at radius 3 is 2.78 bits per heavy atom. The molecule has 1 rings (SSSR count). The molecule has 0 fully saturated rings. The van der Waals surface area contributed by atoms with Crippen molar-refractivity contribution in [2.75, 3.05) is 6.61 Å². The van der Waals surface area contributed by atoms with Crippen molar-refractivity contribution in [1.29, 1.82) is 0 Å². The number of nitrogens with one attached hydrogen (secondary N) is 1. The van der Waals surface area contributed by atoms with Crippen LogP contribution in [0.25, 0.3) is 6.08 Å². The number of carbonyl (C=O) groups excluding carboxylic acids is 1. The second-order valence-corrected chi connectivity index (χ2v) is 4.12. The lowest BCUT2D eigenvalue weighted by Crippen LogP contribution is -2.30. The normalized spacial score (nSPS) is 12.4. The Morgan fingerprint density at radius 1 is 1.39 bits per heavy atom. The van der Waals surface area contributed by atoms with Gasteiger partial charge in [-0.05, 0) is 32.4 Å². The van der Waals surface area contributed by atoms with Crippen LogP contribution in [-0.2, 0) is 4.79 Å². The highest BCUT2D eigenvalue weighted by Crippen LogP contribution is 2.19. The molecule has 0 aliphatic rings. The molecule has 1 amide bonds. The van der Waals surface area contributed by atoms with E-state index in [-0.39, 0.29) is 11.9 Å². The number of hydrogen-bond donors (Lipinski definition) is 1. The quantitative estimate of drug-likeness (QED) is 0.785. The van der Waals surface area contributed by atoms with Crippen molar-refractivity contribution in [2.45, 2.75) is 33.2 Å². The standard InChI is InChI=1S/C15H21NO2/c1-4-12(3)16-15(17)11-10-13-8-6-7-9-14(13)18-5-2/h6-12H,4-5H2,1-3H3,(H,16,17)/b11-10-/t12-/m0/s1. The molecule has 0 heterocycles. The molecular formula is C15H21NO2. The fraction of sp³-hybridized carbons (Fsp3) is 0.400. The Hall–Kier alpha value is -1.77. The zero-order chi connectivity index (χ0) is 13.4. The van der Waals surface area contributed by atoms with Gasteiger partial charge in [0.15, 0.2) is 0 Å². The highest BCUT2D eigenvalue weighted by Gasteiger charge is 2.02. The summed E-state index contributed by atoms with van der Waals surface area (Å²) in [7, 11) is 0. The lowest BCUT2D eigenvalue weighted by atomic mass is 10.2. The van der Waals surface area contributed by atoms with Gasteiger partial charge in [-0.2, -0.15) is 0 Å². The van der Waals surface area contributed by atoms with E-state index in [0.29, 0.717) is 6.61 Å². The second-order valence-electron chi connectivity index (χ2n) is 4.12. The van der Waals surface area contributed by atoms with Gasteiger partial charge >= 0.3 is 0 Å². The number of para-hydroxylation sites is 1. The number of hydrogen-bond acceptors (Lipinski definition) is 2. The fourth-order valence-electron chi connectivity index (χ4n) is 1.46. The minimum atomic E-state index is -0.0735. The molecule has 0 saturated carbocycles. The highest BCUT2D eigenvalue weighted by atomic mass is 16.5. The number of carbonyl (C=O) groups is 1. The molecular weight excluding hydrogens is 226 g/mol. The Balaban J connectivity index is 2.68. The van der Waals surface area contributed by atoms with Crippen LogP contribution >= 0.6 is 0 Å². The van der Waals surface area contributed by atoms with Crippen molar-refractivity contribution in [3.8, 4) is 5.75 Å². The Labute approximate surface area is 109 Å². The van der Waals surface area contributed by atoms with E-state index in [0.717, 1.165) is 17.7 Å². The maximum atomic E-state index is 11.6. The molecule has 0 saturated heterocycles. The van der Waals surface area contributed by atoms with Crippen LogP contribution in [0.15, 0.2) is 30.3 Å². The van der Waals surface area contributed by atoms with E-state index in [2.05, 4.69) is 5.32 Å². The van der Waals surface area contributed by atoms with Gasteiger partial charge in [0.25, 0.3) is 0 Å². The van der Waals surface area contributed by atoms with Gasteiger partial charge in [-0.25, -0.2) is 0 Å². The van der Waals surface area contributed by atoms with Crippen LogP contribution < -0.4 is 10.1 Å². The van der Waals surface area contributed by atoms with Crippen LogP contribution in [0, 0.1) is 0 Å². The zero-order valence-corrected chi connectivity index (χ0v) is 11.3. The number of rotatable bonds is 6. The first-order valence-corrected chi connectivity index (χ1v) is 6.37. The van der Waals surface area contributed by atoms with Gasteiger partial charge < -0.3 is 10.1 Å². The second kappa shape index (κ2) is 7.54. The highest BCUT2D eigenvalue weighted by molar-refractivity contribution is 5.92. The summed E-state index contributed by atoms with van der Waals surface area (Å²) in [5.74, 6) is 0.725. The fourth-order valence-corrected chi connectivity index (χ4v) is 1.46. The van der Waals surface area contributed by atoms with Gasteiger partial charge in [0, 0.05) is 17.7 Å². The van der Waals surface area contributed by atoms with Crippen molar-refractivity contribution in [2.24, 2.45) is 0 Å². The van der Waals surface area contributed by atoms with E-state index in [9.17, 15) is 4.79 Å². The molecule has 98 valence electrons. The zero-order valence-electron chi connectivity index (χ0n) is 11.3. The predicted molar refractivity (Wildman–Crippen MR) is 74.5 cm³/mol. The first-order valence-electron chi connectivity index (χ1n) is 6.37. The molecule has 3 nitrogen and oxygen atoms in total. The third-order valence-corrected chi connectivity index (χ3v) is 2.63. The summed E-state index contributed by atoms with van der Waals surface area (Å²) in [6.45, 7) is 6.58. The molecule has 1 aromatic rings. The van der Waals surface area contributed by atoms with Gasteiger partial charge in [0.1, 0.15) is 5.75 Å². The molecule has 3 heteroatoms. The van der Waals surface area contributed by atoms with Crippen molar-refractivity contribution in [3.05, 3.63) is 35.9 Å². The van der Waals surface area contributed by atoms with Crippen molar-refractivity contribution >= 4 is 12.0 Å². The molecule has 0 radical (unpaired) electrons. The molecule has 1 aromatic carbocycles. The average Bonchev–Trinajstić information content (AvgIpc) is 2.38. The average molecular weight is 247 g/mol. The summed E-state index contributed by atoms with van der Waals surface area (Å²) in [5.41, 5.74) is 0.915. The number of ether oxygens (including phenoxy) is 1. The summed E-state index contributed by atoms with van der Waals surface area (Å²) in [4.78, 5) is 11.6. The molecule has 1 atom stereocenters. The SMILES string of the molecule is CCOc1ccccc1/C=C\C(=O)N[C@@H](C)CC. The third-order valence-electron chi connectivity index (χ3n) is 2.63. The Kier molecular flexibility index (Phi) is 5.98. The minimum Gasteiger partial charge on any atom is -0.493 e. The lowest BCUT2D eigenvalue weighted by Gasteiger charge is -2.09. The smallest absolute Gasteiger partial charge is 0.244 e. The van der Waals surface area contributed by atoms with E-state index in [1.165, 1.54) is 0 Å². The Bertz CT molecular complexity index is 413. The van der Waals surface area contributed by atoms with E-state index in [1.54, 1.807) is 12.2 Å². The first-order chi connectivity index (χ1) is 8.67. The van der Waals surface area contributed by atoms with Crippen LogP contribution in [0.5, 0.6) is 5.75 Å². The number of benzene rings is 1. The van der Waals surface area contributed by atoms with Crippen molar-refractivity contribution < 1.29 is 9.53 Å². The Morgan fingerprint density at radius 2 is 2.11 bits per heavy atom. The maximum Gasteiger partial charge on any atom is 0.244 e. The van der Waals surface area contributed by atoms with E-state index >= 15 is 0 Å². The van der Waals surface area contributed by atoms with Crippen LogP contribution in [0.1, 0.15) is 32.8 Å². The van der Waals surface area contributed by atoms with E-state index < -0.39 is 0 Å². The van der Waals surface area contributed by atoms with Crippen LogP contribution in [0.2, 0.25) is 0 Å². The minimum absolute atomic E-state index is 0.0735. The van der Waals surface area contributed by atoms with Gasteiger partial charge in [0.05, 0.1) is 6.61 Å². The maximum absolute atomic E-state index is 11.6. The molecule has 1 N–H and O–H groups in total. The molecule has 0 spiro atoms. The van der Waals surface area contributed by atoms with Gasteiger partial charge in [-0.1, -0.05) is 25.1 Å². The lowest BCUT2D eigenvalue weighted by molar-refractivity contribution is -0.117. The predicted octanol–water partition coefficient (Wildman–Crippen LogP) is 3.01. The summed E-state index contributed by atoms with van der Waals surface area (Å²) < 4.78 is 5.49. The monoisotopic (exact) mass is 247 g/mol. The molecule has 0 unspecified atom stereocenters. The van der Waals surface area contributed by atoms with Gasteiger partial charge in [0.2, 0.25) is 5.91 Å². The van der Waals surface area contributed by atoms with Gasteiger partial charge in [-0.15, -0.1) is 0 Å². The van der Waals surface area contributed by atoms with Crippen LogP contribution in [0.4, 0.5) is 0 Å².